The highest BCUT2D eigenvalue weighted by molar-refractivity contribution is 5.81. The second kappa shape index (κ2) is 31.3. The van der Waals surface area contributed by atoms with Crippen molar-refractivity contribution in [3.05, 3.63) is 281 Å². The molecule has 5 aromatic rings. The van der Waals surface area contributed by atoms with Gasteiger partial charge in [0, 0.05) is 0 Å². The normalized spacial score (nSPS) is 14.4. The first-order valence-electron chi connectivity index (χ1n) is 25.7. The Kier molecular flexibility index (Phi) is 25.7. The lowest BCUT2D eigenvalue weighted by atomic mass is 9.88. The third kappa shape index (κ3) is 16.8. The van der Waals surface area contributed by atoms with Crippen molar-refractivity contribution in [3.8, 4) is 33.4 Å². The van der Waals surface area contributed by atoms with Crippen molar-refractivity contribution in [2.24, 2.45) is 0 Å². The summed E-state index contributed by atoms with van der Waals surface area (Å²) in [5.41, 5.74) is 20.9. The van der Waals surface area contributed by atoms with Crippen LogP contribution in [0.2, 0.25) is 0 Å². The topological polar surface area (TPSA) is 0 Å². The maximum absolute atomic E-state index is 4.31. The summed E-state index contributed by atoms with van der Waals surface area (Å²) in [4.78, 5) is 0. The van der Waals surface area contributed by atoms with Gasteiger partial charge in [-0.2, -0.15) is 0 Å². The molecule has 0 heteroatoms. The predicted octanol–water partition coefficient (Wildman–Crippen LogP) is 21.8. The molecular weight excluding hydrogens is 853 g/mol. The first-order chi connectivity index (χ1) is 34.1. The van der Waals surface area contributed by atoms with Gasteiger partial charge in [-0.1, -0.05) is 257 Å². The summed E-state index contributed by atoms with van der Waals surface area (Å²) in [6.07, 6.45) is 36.0. The average molecular weight is 937 g/mol. The monoisotopic (exact) mass is 937 g/mol. The van der Waals surface area contributed by atoms with Gasteiger partial charge in [-0.3, -0.25) is 0 Å². The van der Waals surface area contributed by atoms with Crippen LogP contribution in [0.1, 0.15) is 130 Å². The van der Waals surface area contributed by atoms with Crippen molar-refractivity contribution in [2.45, 2.75) is 115 Å². The minimum Gasteiger partial charge on any atom is -0.0991 e. The Morgan fingerprint density at radius 2 is 1.20 bits per heavy atom. The van der Waals surface area contributed by atoms with E-state index in [4.69, 9.17) is 0 Å². The average Bonchev–Trinajstić information content (AvgIpc) is 3.41. The van der Waals surface area contributed by atoms with Crippen LogP contribution in [0.15, 0.2) is 259 Å². The lowest BCUT2D eigenvalue weighted by Crippen LogP contribution is -1.98. The van der Waals surface area contributed by atoms with Gasteiger partial charge in [0.1, 0.15) is 0 Å². The highest BCUT2D eigenvalue weighted by Gasteiger charge is 2.14. The fourth-order valence-corrected chi connectivity index (χ4v) is 8.65. The highest BCUT2D eigenvalue weighted by Crippen LogP contribution is 2.35. The smallest absolute Gasteiger partial charge is 0.000469 e. The molecule has 1 aliphatic carbocycles. The van der Waals surface area contributed by atoms with E-state index < -0.39 is 0 Å². The Hall–Kier alpha value is -7.02. The number of aryl methyl sites for hydroxylation is 1. The van der Waals surface area contributed by atoms with Crippen LogP contribution >= 0.6 is 0 Å². The molecule has 0 bridgehead atoms. The zero-order chi connectivity index (χ0) is 50.8. The summed E-state index contributed by atoms with van der Waals surface area (Å²) < 4.78 is 0. The van der Waals surface area contributed by atoms with E-state index in [2.05, 4.69) is 256 Å². The van der Waals surface area contributed by atoms with Gasteiger partial charge in [0.2, 0.25) is 0 Å². The van der Waals surface area contributed by atoms with Crippen LogP contribution < -0.4 is 0 Å². The molecule has 368 valence electrons. The molecule has 0 fully saturated rings. The Bertz CT molecular complexity index is 2720. The van der Waals surface area contributed by atoms with Gasteiger partial charge in [-0.15, -0.1) is 0 Å². The molecule has 0 radical (unpaired) electrons. The molecule has 0 saturated heterocycles. The van der Waals surface area contributed by atoms with Crippen LogP contribution in [0.25, 0.3) is 39.0 Å². The molecular formula is C71H84. The van der Waals surface area contributed by atoms with E-state index in [1.165, 1.54) is 77.9 Å². The summed E-state index contributed by atoms with van der Waals surface area (Å²) in [5.74, 6) is 0.531. The molecule has 5 aromatic carbocycles. The Morgan fingerprint density at radius 1 is 0.634 bits per heavy atom. The minimum absolute atomic E-state index is 0. The predicted molar refractivity (Wildman–Crippen MR) is 321 cm³/mol. The van der Waals surface area contributed by atoms with Gasteiger partial charge in [0.25, 0.3) is 0 Å². The van der Waals surface area contributed by atoms with Crippen LogP contribution in [0, 0.1) is 6.92 Å². The molecule has 2 atom stereocenters. The summed E-state index contributed by atoms with van der Waals surface area (Å²) in [6.45, 7) is 31.8. The Morgan fingerprint density at radius 3 is 1.70 bits per heavy atom. The quantitative estimate of drug-likeness (QED) is 0.0768. The molecule has 71 heavy (non-hydrogen) atoms. The summed E-state index contributed by atoms with van der Waals surface area (Å²) in [5, 5.41) is 0. The van der Waals surface area contributed by atoms with Crippen LogP contribution in [0.4, 0.5) is 0 Å². The summed E-state index contributed by atoms with van der Waals surface area (Å²) in [7, 11) is 0. The molecule has 0 N–H and O–H groups in total. The molecule has 0 heterocycles. The second-order valence-electron chi connectivity index (χ2n) is 17.3. The zero-order valence-electron chi connectivity index (χ0n) is 44.4. The third-order valence-corrected chi connectivity index (χ3v) is 12.6. The van der Waals surface area contributed by atoms with Gasteiger partial charge in [-0.05, 0) is 178 Å². The molecule has 0 spiro atoms. The molecule has 6 rings (SSSR count). The maximum Gasteiger partial charge on any atom is -0.000469 e. The van der Waals surface area contributed by atoms with E-state index in [-0.39, 0.29) is 19.3 Å². The molecule has 0 amide bonds. The van der Waals surface area contributed by atoms with Gasteiger partial charge >= 0.3 is 0 Å². The van der Waals surface area contributed by atoms with E-state index in [1.54, 1.807) is 0 Å². The van der Waals surface area contributed by atoms with E-state index >= 15 is 0 Å². The van der Waals surface area contributed by atoms with E-state index in [9.17, 15) is 0 Å². The fourth-order valence-electron chi connectivity index (χ4n) is 8.65. The van der Waals surface area contributed by atoms with Gasteiger partial charge < -0.3 is 0 Å². The van der Waals surface area contributed by atoms with E-state index in [1.807, 2.05) is 45.9 Å². The molecule has 2 unspecified atom stereocenters. The van der Waals surface area contributed by atoms with Crippen molar-refractivity contribution in [1.82, 2.24) is 0 Å². The fraction of sp³-hybridized carbons (Fsp3) is 0.239. The molecule has 0 saturated carbocycles. The van der Waals surface area contributed by atoms with Crippen molar-refractivity contribution in [3.63, 3.8) is 0 Å². The van der Waals surface area contributed by atoms with Crippen molar-refractivity contribution < 1.29 is 0 Å². The highest BCUT2D eigenvalue weighted by atomic mass is 14.2. The van der Waals surface area contributed by atoms with Gasteiger partial charge in [0.15, 0.2) is 0 Å². The number of allylic oxidation sites excluding steroid dienone is 22. The lowest BCUT2D eigenvalue weighted by molar-refractivity contribution is 0.941. The van der Waals surface area contributed by atoms with E-state index in [0.717, 1.165) is 36.0 Å². The zero-order valence-corrected chi connectivity index (χ0v) is 44.4. The molecule has 1 aliphatic rings. The first-order valence-corrected chi connectivity index (χ1v) is 25.7. The number of hydrogen-bond donors (Lipinski definition) is 0. The number of hydrogen-bond acceptors (Lipinski definition) is 0. The lowest BCUT2D eigenvalue weighted by Gasteiger charge is -2.17. The van der Waals surface area contributed by atoms with Crippen LogP contribution in [-0.4, -0.2) is 0 Å². The Labute approximate surface area is 432 Å². The number of rotatable bonds is 18. The van der Waals surface area contributed by atoms with Crippen molar-refractivity contribution in [1.29, 1.82) is 0 Å². The molecule has 0 nitrogen and oxygen atoms in total. The van der Waals surface area contributed by atoms with Crippen LogP contribution in [-0.2, 0) is 0 Å². The summed E-state index contributed by atoms with van der Waals surface area (Å²) in [6, 6.07) is 44.2. The van der Waals surface area contributed by atoms with Gasteiger partial charge in [0.05, 0.1) is 0 Å². The molecule has 0 aliphatic heterocycles. The third-order valence-electron chi connectivity index (χ3n) is 12.6. The summed E-state index contributed by atoms with van der Waals surface area (Å²) >= 11 is 0. The van der Waals surface area contributed by atoms with Crippen molar-refractivity contribution >= 4 is 5.57 Å². The SMILES string of the molecule is C.C=C\C=C/C(=C\C(\C=C(/C=C)c1ccc(C(C)/C=C\C=C/C(C)c2ccc(-c3cc(-c4ccccc4)cc(-c4ccccc4)c3)cc2)c(C)c1)=C(\C)C1=C(C)CCC=C1)C(/C=C\CC)=C/C.CC.CC. The van der Waals surface area contributed by atoms with Crippen LogP contribution in [0.3, 0.4) is 0 Å². The van der Waals surface area contributed by atoms with Crippen LogP contribution in [0.5, 0.6) is 0 Å². The minimum atomic E-state index is 0. The maximum atomic E-state index is 4.31. The molecule has 0 aromatic heterocycles. The second-order valence-corrected chi connectivity index (χ2v) is 17.3. The van der Waals surface area contributed by atoms with Gasteiger partial charge in [-0.25, -0.2) is 0 Å². The Balaban J connectivity index is 0.00000260. The number of benzene rings is 5. The largest absolute Gasteiger partial charge is 0.0991 e. The van der Waals surface area contributed by atoms with Crippen molar-refractivity contribution in [2.75, 3.05) is 0 Å². The first kappa shape index (κ1) is 58.3. The van der Waals surface area contributed by atoms with E-state index in [0.29, 0.717) is 0 Å². The standard InChI is InChI=1S/C66H68.2C2H6.CH4/c1-10-14-29-53(12-3)59(30-15-11-2)44-61(52(9)66-35-25-24-28-50(66)7)43-54(13-4)60-40-41-65(51(8)42-60)49(6)27-23-22-26-48(5)55-36-38-58(39-37-55)64-46-62(56-31-18-16-19-32-56)45-63(47-64)57-33-20-17-21-34-57;2*1-2;/h11-23,25-27,29-49H,2,4,10,24,28H2,1,3,5-9H3;2*1-2H3;1H4/b26-22-,27-23-,29-14-,30-15-,53-12+,54-43+,59-44+,61-52-;;;.